The number of hydrogen-bond donors (Lipinski definition) is 1. The summed E-state index contributed by atoms with van der Waals surface area (Å²) in [5.74, 6) is 0.597. The second-order valence-electron chi connectivity index (χ2n) is 4.69. The molecular weight excluding hydrogens is 250 g/mol. The minimum absolute atomic E-state index is 0.125. The quantitative estimate of drug-likeness (QED) is 0.896. The molecule has 1 atom stereocenters. The van der Waals surface area contributed by atoms with Crippen molar-refractivity contribution in [1.82, 2.24) is 0 Å². The van der Waals surface area contributed by atoms with Crippen LogP contribution in [0.2, 0.25) is 0 Å². The van der Waals surface area contributed by atoms with E-state index in [0.717, 1.165) is 17.0 Å². The highest BCUT2D eigenvalue weighted by Crippen LogP contribution is 2.16. The lowest BCUT2D eigenvalue weighted by molar-refractivity contribution is -0.122. The van der Waals surface area contributed by atoms with Crippen LogP contribution in [0, 0.1) is 6.92 Å². The van der Waals surface area contributed by atoms with Crippen molar-refractivity contribution in [1.29, 1.82) is 0 Å². The molecule has 0 aliphatic heterocycles. The molecule has 0 unspecified atom stereocenters. The Bertz CT molecular complexity index is 566. The van der Waals surface area contributed by atoms with Gasteiger partial charge in [0.25, 0.3) is 5.91 Å². The van der Waals surface area contributed by atoms with E-state index in [4.69, 9.17) is 4.74 Å². The third-order valence-electron chi connectivity index (χ3n) is 2.97. The van der Waals surface area contributed by atoms with Gasteiger partial charge in [-0.15, -0.1) is 0 Å². The minimum Gasteiger partial charge on any atom is -0.481 e. The maximum Gasteiger partial charge on any atom is 0.265 e. The first-order valence-electron chi connectivity index (χ1n) is 6.78. The summed E-state index contributed by atoms with van der Waals surface area (Å²) >= 11 is 0. The molecule has 0 radical (unpaired) electrons. The number of nitrogens with one attached hydrogen (secondary N) is 1. The van der Waals surface area contributed by atoms with Crippen molar-refractivity contribution in [2.45, 2.75) is 26.4 Å². The lowest BCUT2D eigenvalue weighted by Gasteiger charge is -2.17. The van der Waals surface area contributed by atoms with Crippen molar-refractivity contribution < 1.29 is 9.53 Å². The maximum atomic E-state index is 12.2. The number of amides is 1. The fourth-order valence-electron chi connectivity index (χ4n) is 1.92. The first kappa shape index (κ1) is 14.1. The van der Waals surface area contributed by atoms with Gasteiger partial charge in [0.05, 0.1) is 0 Å². The summed E-state index contributed by atoms with van der Waals surface area (Å²) in [7, 11) is 0. The van der Waals surface area contributed by atoms with Crippen molar-refractivity contribution in [3.05, 3.63) is 60.2 Å². The highest BCUT2D eigenvalue weighted by atomic mass is 16.5. The average Bonchev–Trinajstić information content (AvgIpc) is 2.46. The molecule has 0 saturated carbocycles. The maximum absolute atomic E-state index is 12.2. The summed E-state index contributed by atoms with van der Waals surface area (Å²) in [6, 6.07) is 17.1. The zero-order valence-corrected chi connectivity index (χ0v) is 11.8. The van der Waals surface area contributed by atoms with Crippen LogP contribution in [0.5, 0.6) is 5.75 Å². The van der Waals surface area contributed by atoms with E-state index >= 15 is 0 Å². The van der Waals surface area contributed by atoms with E-state index in [1.54, 1.807) is 0 Å². The predicted molar refractivity (Wildman–Crippen MR) is 81.0 cm³/mol. The standard InChI is InChI=1S/C17H19NO2/c1-3-16(20-15-11-7-8-13(2)12-15)17(19)18-14-9-5-4-6-10-14/h4-12,16H,3H2,1-2H3,(H,18,19)/t16-/m0/s1. The number of aryl methyl sites for hydroxylation is 1. The Balaban J connectivity index is 2.02. The number of rotatable bonds is 5. The molecule has 0 aliphatic rings. The van der Waals surface area contributed by atoms with Crippen LogP contribution in [0.3, 0.4) is 0 Å². The normalized spacial score (nSPS) is 11.7. The van der Waals surface area contributed by atoms with Crippen LogP contribution in [0.4, 0.5) is 5.69 Å². The highest BCUT2D eigenvalue weighted by molar-refractivity contribution is 5.94. The smallest absolute Gasteiger partial charge is 0.265 e. The molecule has 1 N–H and O–H groups in total. The zero-order valence-electron chi connectivity index (χ0n) is 11.8. The fourth-order valence-corrected chi connectivity index (χ4v) is 1.92. The third kappa shape index (κ3) is 3.85. The second kappa shape index (κ2) is 6.75. The first-order chi connectivity index (χ1) is 9.69. The van der Waals surface area contributed by atoms with Crippen molar-refractivity contribution in [2.24, 2.45) is 0 Å². The lowest BCUT2D eigenvalue weighted by atomic mass is 10.2. The van der Waals surface area contributed by atoms with Crippen LogP contribution in [-0.4, -0.2) is 12.0 Å². The molecule has 1 amide bonds. The number of carbonyl (C=O) groups excluding carboxylic acids is 1. The summed E-state index contributed by atoms with van der Waals surface area (Å²) in [5.41, 5.74) is 1.89. The molecule has 2 rings (SSSR count). The van der Waals surface area contributed by atoms with Crippen LogP contribution < -0.4 is 10.1 Å². The Hall–Kier alpha value is -2.29. The molecule has 0 saturated heterocycles. The average molecular weight is 269 g/mol. The van der Waals surface area contributed by atoms with E-state index in [0.29, 0.717) is 6.42 Å². The monoisotopic (exact) mass is 269 g/mol. The number of ether oxygens (including phenoxy) is 1. The van der Waals surface area contributed by atoms with Crippen molar-refractivity contribution >= 4 is 11.6 Å². The van der Waals surface area contributed by atoms with Crippen molar-refractivity contribution in [3.8, 4) is 5.75 Å². The molecule has 3 nitrogen and oxygen atoms in total. The molecule has 0 aromatic heterocycles. The summed E-state index contributed by atoms with van der Waals surface area (Å²) in [4.78, 5) is 12.2. The van der Waals surface area contributed by atoms with Gasteiger partial charge in [-0.1, -0.05) is 37.3 Å². The van der Waals surface area contributed by atoms with Gasteiger partial charge in [0.15, 0.2) is 6.10 Å². The molecule has 0 heterocycles. The van der Waals surface area contributed by atoms with Gasteiger partial charge in [-0.2, -0.15) is 0 Å². The van der Waals surface area contributed by atoms with Gasteiger partial charge in [0, 0.05) is 5.69 Å². The van der Waals surface area contributed by atoms with Crippen LogP contribution in [0.25, 0.3) is 0 Å². The summed E-state index contributed by atoms with van der Waals surface area (Å²) < 4.78 is 5.77. The zero-order chi connectivity index (χ0) is 14.4. The molecule has 0 bridgehead atoms. The largest absolute Gasteiger partial charge is 0.481 e. The number of para-hydroxylation sites is 1. The lowest BCUT2D eigenvalue weighted by Crippen LogP contribution is -2.32. The number of benzene rings is 2. The van der Waals surface area contributed by atoms with Gasteiger partial charge >= 0.3 is 0 Å². The molecule has 3 heteroatoms. The van der Waals surface area contributed by atoms with Gasteiger partial charge < -0.3 is 10.1 Å². The Kier molecular flexibility index (Phi) is 4.77. The predicted octanol–water partition coefficient (Wildman–Crippen LogP) is 3.79. The first-order valence-corrected chi connectivity index (χ1v) is 6.78. The van der Waals surface area contributed by atoms with Gasteiger partial charge in [-0.3, -0.25) is 4.79 Å². The Morgan fingerprint density at radius 3 is 2.55 bits per heavy atom. The topological polar surface area (TPSA) is 38.3 Å². The molecular formula is C17H19NO2. The van der Waals surface area contributed by atoms with E-state index in [2.05, 4.69) is 5.32 Å². The summed E-state index contributed by atoms with van der Waals surface area (Å²) in [5, 5.41) is 2.86. The molecule has 0 spiro atoms. The third-order valence-corrected chi connectivity index (χ3v) is 2.97. The molecule has 104 valence electrons. The number of carbonyl (C=O) groups is 1. The van der Waals surface area contributed by atoms with Gasteiger partial charge in [0.1, 0.15) is 5.75 Å². The Morgan fingerprint density at radius 2 is 1.90 bits per heavy atom. The number of hydrogen-bond acceptors (Lipinski definition) is 2. The van der Waals surface area contributed by atoms with E-state index in [9.17, 15) is 4.79 Å². The molecule has 0 aliphatic carbocycles. The van der Waals surface area contributed by atoms with E-state index in [1.807, 2.05) is 68.4 Å². The highest BCUT2D eigenvalue weighted by Gasteiger charge is 2.18. The molecule has 0 fully saturated rings. The second-order valence-corrected chi connectivity index (χ2v) is 4.69. The van der Waals surface area contributed by atoms with Gasteiger partial charge in [-0.05, 0) is 43.2 Å². The minimum atomic E-state index is -0.489. The van der Waals surface area contributed by atoms with Crippen LogP contribution in [0.1, 0.15) is 18.9 Å². The Labute approximate surface area is 119 Å². The summed E-state index contributed by atoms with van der Waals surface area (Å²) in [6.07, 6.45) is 0.129. The van der Waals surface area contributed by atoms with Crippen LogP contribution in [-0.2, 0) is 4.79 Å². The molecule has 20 heavy (non-hydrogen) atoms. The summed E-state index contributed by atoms with van der Waals surface area (Å²) in [6.45, 7) is 3.93. The van der Waals surface area contributed by atoms with Gasteiger partial charge in [0.2, 0.25) is 0 Å². The van der Waals surface area contributed by atoms with E-state index in [1.165, 1.54) is 0 Å². The SMILES string of the molecule is CC[C@H](Oc1cccc(C)c1)C(=O)Nc1ccccc1. The van der Waals surface area contributed by atoms with Crippen molar-refractivity contribution in [3.63, 3.8) is 0 Å². The van der Waals surface area contributed by atoms with Crippen LogP contribution in [0.15, 0.2) is 54.6 Å². The van der Waals surface area contributed by atoms with E-state index in [-0.39, 0.29) is 5.91 Å². The van der Waals surface area contributed by atoms with Crippen LogP contribution >= 0.6 is 0 Å². The Morgan fingerprint density at radius 1 is 1.15 bits per heavy atom. The fraction of sp³-hybridized carbons (Fsp3) is 0.235. The number of anilines is 1. The molecule has 2 aromatic carbocycles. The van der Waals surface area contributed by atoms with Crippen molar-refractivity contribution in [2.75, 3.05) is 5.32 Å². The van der Waals surface area contributed by atoms with E-state index < -0.39 is 6.10 Å². The molecule has 2 aromatic rings. The van der Waals surface area contributed by atoms with Gasteiger partial charge in [-0.25, -0.2) is 0 Å².